The van der Waals surface area contributed by atoms with Gasteiger partial charge < -0.3 is 24.7 Å². The Hall–Kier alpha value is -3.76. The highest BCUT2D eigenvalue weighted by molar-refractivity contribution is 5.89. The molecule has 2 aromatic heterocycles. The maximum Gasteiger partial charge on any atom is 0.355 e. The average molecular weight is 513 g/mol. The molecule has 0 saturated carbocycles. The second-order valence-electron chi connectivity index (χ2n) is 8.69. The van der Waals surface area contributed by atoms with Gasteiger partial charge in [0, 0.05) is 23.6 Å². The molecule has 5 rings (SSSR count). The molecule has 4 heterocycles. The predicted molar refractivity (Wildman–Crippen MR) is 132 cm³/mol. The number of hydrogen-bond acceptors (Lipinski definition) is 8. The number of rotatable bonds is 5. The Morgan fingerprint density at radius 3 is 2.72 bits per heavy atom. The summed E-state index contributed by atoms with van der Waals surface area (Å²) in [5.41, 5.74) is 6.62. The Morgan fingerprint density at radius 2 is 2.00 bits per heavy atom. The van der Waals surface area contributed by atoms with Gasteiger partial charge in [0.2, 0.25) is 11.5 Å². The summed E-state index contributed by atoms with van der Waals surface area (Å²) in [5, 5.41) is 0.961. The number of ether oxygens (including phenoxy) is 2. The Morgan fingerprint density at radius 1 is 1.25 bits per heavy atom. The van der Waals surface area contributed by atoms with Crippen LogP contribution in [0.15, 0.2) is 41.2 Å². The highest BCUT2D eigenvalue weighted by Gasteiger charge is 2.50. The van der Waals surface area contributed by atoms with Crippen molar-refractivity contribution >= 4 is 41.2 Å². The van der Waals surface area contributed by atoms with Crippen molar-refractivity contribution in [2.24, 2.45) is 5.73 Å². The smallest absolute Gasteiger partial charge is 0.355 e. The number of carbonyl (C=O) groups is 3. The first-order chi connectivity index (χ1) is 16.8. The van der Waals surface area contributed by atoms with Crippen LogP contribution in [0.2, 0.25) is 0 Å². The molecular formula is C25H25ClN4O6. The van der Waals surface area contributed by atoms with Crippen LogP contribution < -0.4 is 11.3 Å². The Kier molecular flexibility index (Phi) is 6.59. The number of hydrogen-bond donors (Lipinski definition) is 1. The SMILES string of the molecule is CC[C@@]1(OC(=O)CN(C)C(=O)CN)C(=O)OCc2c1cc1n(c2=O)Cc2cc3ccccc3nc2-1.Cl. The molecule has 36 heavy (non-hydrogen) atoms. The molecule has 3 aromatic rings. The number of amides is 1. The van der Waals surface area contributed by atoms with E-state index in [4.69, 9.17) is 20.2 Å². The first-order valence-electron chi connectivity index (χ1n) is 11.3. The molecule has 11 heteroatoms. The van der Waals surface area contributed by atoms with Crippen molar-refractivity contribution in [3.05, 3.63) is 63.4 Å². The molecule has 0 saturated heterocycles. The molecule has 1 atom stereocenters. The van der Waals surface area contributed by atoms with E-state index < -0.39 is 30.0 Å². The second-order valence-corrected chi connectivity index (χ2v) is 8.69. The molecule has 0 aliphatic carbocycles. The number of aromatic nitrogens is 2. The van der Waals surface area contributed by atoms with Gasteiger partial charge in [0.15, 0.2) is 0 Å². The third-order valence-corrected chi connectivity index (χ3v) is 6.64. The monoisotopic (exact) mass is 512 g/mol. The number of nitrogens with two attached hydrogens (primary N) is 1. The molecule has 0 unspecified atom stereocenters. The summed E-state index contributed by atoms with van der Waals surface area (Å²) in [5.74, 6) is -2.03. The topological polar surface area (TPSA) is 134 Å². The molecule has 0 radical (unpaired) electrons. The number of cyclic esters (lactones) is 1. The largest absolute Gasteiger partial charge is 0.457 e. The first-order valence-corrected chi connectivity index (χ1v) is 11.3. The number of likely N-dealkylation sites (N-methyl/N-ethyl adjacent to an activating group) is 1. The van der Waals surface area contributed by atoms with Gasteiger partial charge in [0.25, 0.3) is 5.56 Å². The minimum absolute atomic E-state index is 0. The van der Waals surface area contributed by atoms with E-state index in [1.54, 1.807) is 17.6 Å². The van der Waals surface area contributed by atoms with E-state index in [1.165, 1.54) is 7.05 Å². The van der Waals surface area contributed by atoms with Crippen molar-refractivity contribution in [1.82, 2.24) is 14.5 Å². The van der Waals surface area contributed by atoms with Crippen LogP contribution in [0.3, 0.4) is 0 Å². The van der Waals surface area contributed by atoms with Gasteiger partial charge in [-0.3, -0.25) is 14.4 Å². The maximum atomic E-state index is 13.5. The zero-order valence-corrected chi connectivity index (χ0v) is 20.6. The van der Waals surface area contributed by atoms with E-state index in [-0.39, 0.29) is 48.7 Å². The number of para-hydroxylation sites is 1. The van der Waals surface area contributed by atoms with Crippen LogP contribution in [0.5, 0.6) is 0 Å². The normalized spacial score (nSPS) is 17.4. The van der Waals surface area contributed by atoms with Gasteiger partial charge in [-0.25, -0.2) is 9.78 Å². The number of esters is 2. The van der Waals surface area contributed by atoms with Crippen molar-refractivity contribution in [2.75, 3.05) is 20.1 Å². The lowest BCUT2D eigenvalue weighted by molar-refractivity contribution is -0.190. The lowest BCUT2D eigenvalue weighted by Crippen LogP contribution is -2.49. The lowest BCUT2D eigenvalue weighted by atomic mass is 9.85. The highest BCUT2D eigenvalue weighted by Crippen LogP contribution is 2.40. The van der Waals surface area contributed by atoms with E-state index in [9.17, 15) is 19.2 Å². The quantitative estimate of drug-likeness (QED) is 0.397. The third kappa shape index (κ3) is 3.82. The van der Waals surface area contributed by atoms with Gasteiger partial charge in [-0.15, -0.1) is 12.4 Å². The third-order valence-electron chi connectivity index (χ3n) is 6.64. The van der Waals surface area contributed by atoms with Crippen LogP contribution in [-0.4, -0.2) is 52.4 Å². The molecule has 2 aliphatic heterocycles. The summed E-state index contributed by atoms with van der Waals surface area (Å²) in [4.78, 5) is 57.0. The van der Waals surface area contributed by atoms with Crippen molar-refractivity contribution < 1.29 is 23.9 Å². The van der Waals surface area contributed by atoms with Crippen LogP contribution in [0.4, 0.5) is 0 Å². The minimum Gasteiger partial charge on any atom is -0.457 e. The van der Waals surface area contributed by atoms with Crippen molar-refractivity contribution in [3.63, 3.8) is 0 Å². The molecule has 10 nitrogen and oxygen atoms in total. The van der Waals surface area contributed by atoms with Gasteiger partial charge in [0.1, 0.15) is 13.2 Å². The van der Waals surface area contributed by atoms with Crippen molar-refractivity contribution in [1.29, 1.82) is 0 Å². The van der Waals surface area contributed by atoms with E-state index in [0.29, 0.717) is 17.9 Å². The number of benzene rings is 1. The summed E-state index contributed by atoms with van der Waals surface area (Å²) in [6.07, 6.45) is 0.0417. The van der Waals surface area contributed by atoms with Gasteiger partial charge >= 0.3 is 11.9 Å². The van der Waals surface area contributed by atoms with E-state index in [1.807, 2.05) is 30.3 Å². The van der Waals surface area contributed by atoms with E-state index >= 15 is 0 Å². The van der Waals surface area contributed by atoms with Gasteiger partial charge in [-0.2, -0.15) is 0 Å². The van der Waals surface area contributed by atoms with Crippen LogP contribution in [0.25, 0.3) is 22.3 Å². The zero-order chi connectivity index (χ0) is 24.9. The molecule has 2 N–H and O–H groups in total. The highest BCUT2D eigenvalue weighted by atomic mass is 35.5. The maximum absolute atomic E-state index is 13.5. The number of halogens is 1. The lowest BCUT2D eigenvalue weighted by Gasteiger charge is -2.36. The molecule has 0 spiro atoms. The molecule has 0 fully saturated rings. The van der Waals surface area contributed by atoms with Crippen molar-refractivity contribution in [2.45, 2.75) is 32.1 Å². The summed E-state index contributed by atoms with van der Waals surface area (Å²) in [6.45, 7) is 1.12. The first kappa shape index (κ1) is 25.3. The van der Waals surface area contributed by atoms with Gasteiger partial charge in [-0.05, 0) is 24.6 Å². The summed E-state index contributed by atoms with van der Waals surface area (Å²) < 4.78 is 12.6. The minimum atomic E-state index is -1.81. The molecule has 188 valence electrons. The molecule has 2 aliphatic rings. The van der Waals surface area contributed by atoms with Crippen LogP contribution in [0, 0.1) is 0 Å². The standard InChI is InChI=1S/C25H24N4O6.ClH/c1-3-25(35-21(31)12-28(2)20(30)10-26)17-9-19-22-15(8-14-6-4-5-7-18(14)27-22)11-29(19)23(32)16(17)13-34-24(25)33;/h4-9H,3,10-13,26H2,1-2H3;1H/t25-;/m0./s1. The Labute approximate surface area is 212 Å². The summed E-state index contributed by atoms with van der Waals surface area (Å²) in [7, 11) is 1.41. The van der Waals surface area contributed by atoms with Crippen LogP contribution >= 0.6 is 12.4 Å². The number of carbonyl (C=O) groups excluding carboxylic acids is 3. The van der Waals surface area contributed by atoms with Gasteiger partial charge in [-0.1, -0.05) is 25.1 Å². The Balaban J connectivity index is 0.00000304. The molecular weight excluding hydrogens is 488 g/mol. The average Bonchev–Trinajstić information content (AvgIpc) is 3.21. The number of pyridine rings is 2. The summed E-state index contributed by atoms with van der Waals surface area (Å²) in [6, 6.07) is 11.4. The molecule has 1 amide bonds. The van der Waals surface area contributed by atoms with Gasteiger partial charge in [0.05, 0.1) is 35.6 Å². The fourth-order valence-electron chi connectivity index (χ4n) is 4.75. The molecule has 0 bridgehead atoms. The van der Waals surface area contributed by atoms with E-state index in [0.717, 1.165) is 21.4 Å². The van der Waals surface area contributed by atoms with Crippen molar-refractivity contribution in [3.8, 4) is 11.4 Å². The van der Waals surface area contributed by atoms with Crippen LogP contribution in [0.1, 0.15) is 30.0 Å². The molecule has 1 aromatic carbocycles. The number of fused-ring (bicyclic) bond motifs is 5. The predicted octanol–water partition coefficient (Wildman–Crippen LogP) is 1.47. The zero-order valence-electron chi connectivity index (χ0n) is 19.8. The summed E-state index contributed by atoms with van der Waals surface area (Å²) >= 11 is 0. The second kappa shape index (κ2) is 9.36. The van der Waals surface area contributed by atoms with E-state index in [2.05, 4.69) is 0 Å². The fraction of sp³-hybridized carbons (Fsp3) is 0.320. The number of nitrogens with zero attached hydrogens (tertiary/aromatic N) is 3. The Bertz CT molecular complexity index is 1470. The van der Waals surface area contributed by atoms with Crippen LogP contribution in [-0.2, 0) is 42.6 Å². The fourth-order valence-corrected chi connectivity index (χ4v) is 4.75.